The largest absolute Gasteiger partial charge is 0.433 e. The molecule has 0 aliphatic carbocycles. The van der Waals surface area contributed by atoms with Gasteiger partial charge in [-0.2, -0.15) is 0 Å². The molecule has 2 aromatic rings. The van der Waals surface area contributed by atoms with Crippen molar-refractivity contribution in [2.45, 2.75) is 32.0 Å². The zero-order chi connectivity index (χ0) is 19.8. The predicted octanol–water partition coefficient (Wildman–Crippen LogP) is 2.69. The van der Waals surface area contributed by atoms with Gasteiger partial charge in [0.1, 0.15) is 6.04 Å². The summed E-state index contributed by atoms with van der Waals surface area (Å²) < 4.78 is 5.41. The normalized spacial score (nSPS) is 20.7. The van der Waals surface area contributed by atoms with Crippen molar-refractivity contribution in [3.05, 3.63) is 65.2 Å². The summed E-state index contributed by atoms with van der Waals surface area (Å²) >= 11 is 0. The number of nitrogens with one attached hydrogen (secondary N) is 1. The van der Waals surface area contributed by atoms with Crippen LogP contribution in [0.4, 0.5) is 5.69 Å². The van der Waals surface area contributed by atoms with Gasteiger partial charge in [0.15, 0.2) is 5.78 Å². The topological polar surface area (TPSA) is 92.8 Å². The maximum atomic E-state index is 12.8. The van der Waals surface area contributed by atoms with Gasteiger partial charge in [-0.15, -0.1) is 0 Å². The number of fused-ring (bicyclic) bond motifs is 1. The van der Waals surface area contributed by atoms with Crippen LogP contribution in [0.2, 0.25) is 0 Å². The molecule has 2 aromatic carbocycles. The quantitative estimate of drug-likeness (QED) is 0.652. The van der Waals surface area contributed by atoms with E-state index in [1.807, 2.05) is 0 Å². The average molecular weight is 378 g/mol. The molecule has 0 radical (unpaired) electrons. The van der Waals surface area contributed by atoms with Gasteiger partial charge in [0.25, 0.3) is 0 Å². The van der Waals surface area contributed by atoms with E-state index in [2.05, 4.69) is 5.32 Å². The van der Waals surface area contributed by atoms with Crippen LogP contribution in [0.3, 0.4) is 0 Å². The summed E-state index contributed by atoms with van der Waals surface area (Å²) in [6, 6.07) is 12.7. The third-order valence-electron chi connectivity index (χ3n) is 5.04. The molecule has 1 saturated heterocycles. The number of amides is 2. The molecule has 2 heterocycles. The van der Waals surface area contributed by atoms with Crippen molar-refractivity contribution < 1.29 is 23.9 Å². The number of ketones is 1. The summed E-state index contributed by atoms with van der Waals surface area (Å²) in [5, 5.41) is 2.77. The molecule has 0 aromatic heterocycles. The minimum Gasteiger partial charge on any atom is -0.433 e. The summed E-state index contributed by atoms with van der Waals surface area (Å²) in [6.07, 6.45) is -0.348. The van der Waals surface area contributed by atoms with Crippen molar-refractivity contribution >= 4 is 29.3 Å². The van der Waals surface area contributed by atoms with Crippen LogP contribution in [-0.2, 0) is 14.3 Å². The number of anilines is 1. The molecule has 0 spiro atoms. The Balaban J connectivity index is 1.56. The van der Waals surface area contributed by atoms with Gasteiger partial charge in [0.05, 0.1) is 5.56 Å². The first-order chi connectivity index (χ1) is 13.5. The summed E-state index contributed by atoms with van der Waals surface area (Å²) in [4.78, 5) is 50.1. The van der Waals surface area contributed by atoms with E-state index in [0.29, 0.717) is 28.8 Å². The van der Waals surface area contributed by atoms with Gasteiger partial charge < -0.3 is 10.1 Å². The third kappa shape index (κ3) is 3.05. The highest BCUT2D eigenvalue weighted by atomic mass is 16.6. The van der Waals surface area contributed by atoms with E-state index in [-0.39, 0.29) is 24.0 Å². The van der Waals surface area contributed by atoms with E-state index < -0.39 is 18.2 Å². The SMILES string of the molecule is CC(=O)c1ccc(NC(=O)C2CCC(=O)N2C2OC(=O)c3ccccc32)cc1. The molecule has 0 bridgehead atoms. The van der Waals surface area contributed by atoms with E-state index in [1.165, 1.54) is 11.8 Å². The molecule has 0 saturated carbocycles. The van der Waals surface area contributed by atoms with Gasteiger partial charge in [-0.1, -0.05) is 18.2 Å². The fourth-order valence-corrected chi connectivity index (χ4v) is 3.60. The Hall–Kier alpha value is -3.48. The van der Waals surface area contributed by atoms with Crippen LogP contribution >= 0.6 is 0 Å². The number of likely N-dealkylation sites (tertiary alicyclic amines) is 1. The highest BCUT2D eigenvalue weighted by molar-refractivity contribution is 6.01. The second-order valence-electron chi connectivity index (χ2n) is 6.82. The smallest absolute Gasteiger partial charge is 0.340 e. The molecule has 142 valence electrons. The molecule has 7 nitrogen and oxygen atoms in total. The van der Waals surface area contributed by atoms with Crippen molar-refractivity contribution in [2.24, 2.45) is 0 Å². The van der Waals surface area contributed by atoms with Crippen LogP contribution in [0.5, 0.6) is 0 Å². The zero-order valence-corrected chi connectivity index (χ0v) is 15.2. The van der Waals surface area contributed by atoms with Crippen LogP contribution in [0.15, 0.2) is 48.5 Å². The summed E-state index contributed by atoms with van der Waals surface area (Å²) in [5.41, 5.74) is 2.07. The van der Waals surface area contributed by atoms with Gasteiger partial charge in [-0.05, 0) is 43.7 Å². The van der Waals surface area contributed by atoms with E-state index in [0.717, 1.165) is 0 Å². The number of carbonyl (C=O) groups excluding carboxylic acids is 4. The Morgan fingerprint density at radius 1 is 1.07 bits per heavy atom. The molecule has 2 amide bonds. The van der Waals surface area contributed by atoms with Crippen LogP contribution in [0.1, 0.15) is 52.3 Å². The number of carbonyl (C=O) groups is 4. The first kappa shape index (κ1) is 17.9. The number of rotatable bonds is 4. The molecule has 28 heavy (non-hydrogen) atoms. The van der Waals surface area contributed by atoms with Gasteiger partial charge in [0.2, 0.25) is 18.0 Å². The van der Waals surface area contributed by atoms with Crippen LogP contribution in [0, 0.1) is 0 Å². The lowest BCUT2D eigenvalue weighted by atomic mass is 10.1. The zero-order valence-electron chi connectivity index (χ0n) is 15.2. The minimum atomic E-state index is -0.894. The van der Waals surface area contributed by atoms with E-state index in [9.17, 15) is 19.2 Å². The first-order valence-corrected chi connectivity index (χ1v) is 8.98. The lowest BCUT2D eigenvalue weighted by Gasteiger charge is -2.29. The lowest BCUT2D eigenvalue weighted by Crippen LogP contribution is -2.43. The van der Waals surface area contributed by atoms with Crippen LogP contribution in [0.25, 0.3) is 0 Å². The monoisotopic (exact) mass is 378 g/mol. The summed E-state index contributed by atoms with van der Waals surface area (Å²) in [7, 11) is 0. The van der Waals surface area contributed by atoms with Crippen LogP contribution in [-0.4, -0.2) is 34.5 Å². The number of benzene rings is 2. The molecule has 1 N–H and O–H groups in total. The number of hydrogen-bond donors (Lipinski definition) is 1. The van der Waals surface area contributed by atoms with E-state index >= 15 is 0 Å². The number of nitrogens with zero attached hydrogens (tertiary/aromatic N) is 1. The minimum absolute atomic E-state index is 0.0628. The number of cyclic esters (lactones) is 1. The molecule has 2 aliphatic rings. The molecular weight excluding hydrogens is 360 g/mol. The molecule has 7 heteroatoms. The third-order valence-corrected chi connectivity index (χ3v) is 5.04. The Labute approximate surface area is 161 Å². The number of ether oxygens (including phenoxy) is 1. The summed E-state index contributed by atoms with van der Waals surface area (Å²) in [6.45, 7) is 1.47. The van der Waals surface area contributed by atoms with Crippen molar-refractivity contribution in [1.82, 2.24) is 4.90 Å². The Kier molecular flexibility index (Phi) is 4.43. The van der Waals surface area contributed by atoms with E-state index in [4.69, 9.17) is 4.74 Å². The van der Waals surface area contributed by atoms with Gasteiger partial charge in [-0.25, -0.2) is 4.79 Å². The lowest BCUT2D eigenvalue weighted by molar-refractivity contribution is -0.144. The van der Waals surface area contributed by atoms with Crippen molar-refractivity contribution in [3.63, 3.8) is 0 Å². The highest BCUT2D eigenvalue weighted by Gasteiger charge is 2.46. The average Bonchev–Trinajstić information content (AvgIpc) is 3.22. The van der Waals surface area contributed by atoms with Gasteiger partial charge in [0, 0.05) is 23.2 Å². The molecule has 2 aliphatic heterocycles. The van der Waals surface area contributed by atoms with Crippen molar-refractivity contribution in [1.29, 1.82) is 0 Å². The Morgan fingerprint density at radius 2 is 1.79 bits per heavy atom. The number of hydrogen-bond acceptors (Lipinski definition) is 5. The fourth-order valence-electron chi connectivity index (χ4n) is 3.60. The number of Topliss-reactive ketones (excluding diaryl/α,β-unsaturated/α-hetero) is 1. The summed E-state index contributed by atoms with van der Waals surface area (Å²) in [5.74, 6) is -1.16. The maximum absolute atomic E-state index is 12.8. The first-order valence-electron chi connectivity index (χ1n) is 8.98. The van der Waals surface area contributed by atoms with Crippen molar-refractivity contribution in [3.8, 4) is 0 Å². The predicted molar refractivity (Wildman–Crippen MR) is 99.5 cm³/mol. The molecular formula is C21H18N2O5. The molecule has 2 unspecified atom stereocenters. The standard InChI is InChI=1S/C21H18N2O5/c1-12(24)13-6-8-14(9-7-13)22-19(26)17-10-11-18(25)23(17)20-15-4-2-3-5-16(15)21(27)28-20/h2-9,17,20H,10-11H2,1H3,(H,22,26). The molecule has 1 fully saturated rings. The van der Waals surface area contributed by atoms with Crippen molar-refractivity contribution in [2.75, 3.05) is 5.32 Å². The van der Waals surface area contributed by atoms with Gasteiger partial charge >= 0.3 is 5.97 Å². The number of esters is 1. The molecule has 2 atom stereocenters. The maximum Gasteiger partial charge on any atom is 0.340 e. The second-order valence-corrected chi connectivity index (χ2v) is 6.82. The van der Waals surface area contributed by atoms with E-state index in [1.54, 1.807) is 48.5 Å². The fraction of sp³-hybridized carbons (Fsp3) is 0.238. The second kappa shape index (κ2) is 6.92. The molecule has 4 rings (SSSR count). The Bertz CT molecular complexity index is 983. The Morgan fingerprint density at radius 3 is 2.50 bits per heavy atom. The highest BCUT2D eigenvalue weighted by Crippen LogP contribution is 2.38. The van der Waals surface area contributed by atoms with Crippen LogP contribution < -0.4 is 5.32 Å². The van der Waals surface area contributed by atoms with Gasteiger partial charge in [-0.3, -0.25) is 19.3 Å².